The van der Waals surface area contributed by atoms with Gasteiger partial charge in [0, 0.05) is 37.8 Å². The third kappa shape index (κ3) is 3.44. The van der Waals surface area contributed by atoms with Gasteiger partial charge >= 0.3 is 0 Å². The van der Waals surface area contributed by atoms with Crippen LogP contribution in [0.15, 0.2) is 30.3 Å². The SMILES string of the molecule is CN1CCC(N2CCN(C(=O)c3ccccc3)CC2)CC1. The highest BCUT2D eigenvalue weighted by molar-refractivity contribution is 5.94. The van der Waals surface area contributed by atoms with Crippen LogP contribution in [0.25, 0.3) is 0 Å². The Balaban J connectivity index is 1.52. The molecule has 1 amide bonds. The van der Waals surface area contributed by atoms with Gasteiger partial charge in [-0.15, -0.1) is 0 Å². The quantitative estimate of drug-likeness (QED) is 0.825. The number of carbonyl (C=O) groups is 1. The minimum absolute atomic E-state index is 0.179. The zero-order valence-electron chi connectivity index (χ0n) is 12.9. The summed E-state index contributed by atoms with van der Waals surface area (Å²) in [5.41, 5.74) is 0.810. The number of carbonyl (C=O) groups excluding carboxylic acids is 1. The third-order valence-corrected chi connectivity index (χ3v) is 4.83. The first-order chi connectivity index (χ1) is 10.2. The normalized spacial score (nSPS) is 22.4. The van der Waals surface area contributed by atoms with Gasteiger partial charge in [-0.2, -0.15) is 0 Å². The largest absolute Gasteiger partial charge is 0.336 e. The molecule has 4 heteroatoms. The van der Waals surface area contributed by atoms with Crippen molar-refractivity contribution in [1.82, 2.24) is 14.7 Å². The topological polar surface area (TPSA) is 26.8 Å². The van der Waals surface area contributed by atoms with Gasteiger partial charge in [0.1, 0.15) is 0 Å². The molecule has 0 unspecified atom stereocenters. The number of rotatable bonds is 2. The molecule has 0 spiro atoms. The van der Waals surface area contributed by atoms with E-state index in [9.17, 15) is 4.79 Å². The first-order valence-electron chi connectivity index (χ1n) is 8.01. The second-order valence-electron chi connectivity index (χ2n) is 6.23. The maximum atomic E-state index is 12.4. The number of nitrogens with zero attached hydrogens (tertiary/aromatic N) is 3. The average Bonchev–Trinajstić information content (AvgIpc) is 2.56. The summed E-state index contributed by atoms with van der Waals surface area (Å²) in [6.07, 6.45) is 2.53. The molecule has 21 heavy (non-hydrogen) atoms. The highest BCUT2D eigenvalue weighted by atomic mass is 16.2. The van der Waals surface area contributed by atoms with Gasteiger partial charge in [0.25, 0.3) is 5.91 Å². The lowest BCUT2D eigenvalue weighted by molar-refractivity contribution is 0.0475. The van der Waals surface area contributed by atoms with Crippen LogP contribution in [0.2, 0.25) is 0 Å². The highest BCUT2D eigenvalue weighted by Crippen LogP contribution is 2.18. The fraction of sp³-hybridized carbons (Fsp3) is 0.588. The van der Waals surface area contributed by atoms with Crippen molar-refractivity contribution in [2.24, 2.45) is 0 Å². The predicted octanol–water partition coefficient (Wildman–Crippen LogP) is 1.54. The summed E-state index contributed by atoms with van der Waals surface area (Å²) < 4.78 is 0. The maximum absolute atomic E-state index is 12.4. The van der Waals surface area contributed by atoms with E-state index in [0.717, 1.165) is 37.8 Å². The second-order valence-corrected chi connectivity index (χ2v) is 6.23. The Labute approximate surface area is 127 Å². The zero-order valence-corrected chi connectivity index (χ0v) is 12.9. The van der Waals surface area contributed by atoms with Gasteiger partial charge in [0.2, 0.25) is 0 Å². The molecule has 0 bridgehead atoms. The molecule has 4 nitrogen and oxygen atoms in total. The average molecular weight is 287 g/mol. The molecular formula is C17H25N3O. The van der Waals surface area contributed by atoms with Gasteiger partial charge in [0.05, 0.1) is 0 Å². The van der Waals surface area contributed by atoms with Gasteiger partial charge < -0.3 is 9.80 Å². The van der Waals surface area contributed by atoms with Crippen LogP contribution in [-0.4, -0.2) is 73.0 Å². The minimum atomic E-state index is 0.179. The van der Waals surface area contributed by atoms with Crippen molar-refractivity contribution < 1.29 is 4.79 Å². The fourth-order valence-corrected chi connectivity index (χ4v) is 3.41. The summed E-state index contributed by atoms with van der Waals surface area (Å²) in [5.74, 6) is 0.179. The molecule has 3 rings (SSSR count). The minimum Gasteiger partial charge on any atom is -0.336 e. The molecular weight excluding hydrogens is 262 g/mol. The van der Waals surface area contributed by atoms with Crippen molar-refractivity contribution in [3.63, 3.8) is 0 Å². The summed E-state index contributed by atoms with van der Waals surface area (Å²) in [7, 11) is 2.20. The second kappa shape index (κ2) is 6.58. The Kier molecular flexibility index (Phi) is 4.56. The highest BCUT2D eigenvalue weighted by Gasteiger charge is 2.28. The van der Waals surface area contributed by atoms with Crippen molar-refractivity contribution in [3.8, 4) is 0 Å². The number of hydrogen-bond donors (Lipinski definition) is 0. The van der Waals surface area contributed by atoms with Crippen LogP contribution in [0, 0.1) is 0 Å². The summed E-state index contributed by atoms with van der Waals surface area (Å²) >= 11 is 0. The monoisotopic (exact) mass is 287 g/mol. The van der Waals surface area contributed by atoms with E-state index in [2.05, 4.69) is 16.8 Å². The first-order valence-corrected chi connectivity index (χ1v) is 8.01. The first kappa shape index (κ1) is 14.5. The molecule has 2 aliphatic rings. The van der Waals surface area contributed by atoms with Gasteiger partial charge in [-0.1, -0.05) is 18.2 Å². The van der Waals surface area contributed by atoms with Crippen LogP contribution in [0.3, 0.4) is 0 Å². The van der Waals surface area contributed by atoms with E-state index in [1.54, 1.807) is 0 Å². The molecule has 2 aliphatic heterocycles. The zero-order chi connectivity index (χ0) is 14.7. The van der Waals surface area contributed by atoms with Gasteiger partial charge in [-0.05, 0) is 45.1 Å². The lowest BCUT2D eigenvalue weighted by Gasteiger charge is -2.42. The molecule has 0 radical (unpaired) electrons. The summed E-state index contributed by atoms with van der Waals surface area (Å²) in [4.78, 5) is 19.4. The molecule has 0 aromatic heterocycles. The molecule has 0 atom stereocenters. The summed E-state index contributed by atoms with van der Waals surface area (Å²) in [5, 5.41) is 0. The lowest BCUT2D eigenvalue weighted by atomic mass is 10.0. The van der Waals surface area contributed by atoms with Crippen molar-refractivity contribution in [2.75, 3.05) is 46.3 Å². The van der Waals surface area contributed by atoms with E-state index < -0.39 is 0 Å². The molecule has 1 aromatic carbocycles. The summed E-state index contributed by atoms with van der Waals surface area (Å²) in [6.45, 7) is 6.17. The number of amides is 1. The Morgan fingerprint density at radius 1 is 0.952 bits per heavy atom. The molecule has 0 aliphatic carbocycles. The standard InChI is InChI=1S/C17H25N3O/c1-18-9-7-16(8-10-18)19-11-13-20(14-12-19)17(21)15-5-3-2-4-6-15/h2-6,16H,7-14H2,1H3. The predicted molar refractivity (Wildman–Crippen MR) is 84.4 cm³/mol. The van der Waals surface area contributed by atoms with Crippen LogP contribution in [0.4, 0.5) is 0 Å². The Morgan fingerprint density at radius 3 is 2.19 bits per heavy atom. The molecule has 114 valence electrons. The van der Waals surface area contributed by atoms with Gasteiger partial charge in [0.15, 0.2) is 0 Å². The Morgan fingerprint density at radius 2 is 1.57 bits per heavy atom. The lowest BCUT2D eigenvalue weighted by Crippen LogP contribution is -2.54. The van der Waals surface area contributed by atoms with Crippen molar-refractivity contribution in [2.45, 2.75) is 18.9 Å². The number of piperidine rings is 1. The molecule has 2 fully saturated rings. The maximum Gasteiger partial charge on any atom is 0.253 e. The summed E-state index contributed by atoms with van der Waals surface area (Å²) in [6, 6.07) is 10.4. The van der Waals surface area contributed by atoms with Crippen LogP contribution >= 0.6 is 0 Å². The van der Waals surface area contributed by atoms with E-state index in [0.29, 0.717) is 0 Å². The van der Waals surface area contributed by atoms with Gasteiger partial charge in [-0.25, -0.2) is 0 Å². The number of likely N-dealkylation sites (tertiary alicyclic amines) is 1. The van der Waals surface area contributed by atoms with Crippen LogP contribution in [-0.2, 0) is 0 Å². The van der Waals surface area contributed by atoms with Gasteiger partial charge in [-0.3, -0.25) is 9.69 Å². The Bertz CT molecular complexity index is 460. The molecule has 2 heterocycles. The molecule has 2 saturated heterocycles. The molecule has 0 saturated carbocycles. The van der Waals surface area contributed by atoms with E-state index in [-0.39, 0.29) is 5.91 Å². The fourth-order valence-electron chi connectivity index (χ4n) is 3.41. The van der Waals surface area contributed by atoms with Crippen molar-refractivity contribution in [1.29, 1.82) is 0 Å². The van der Waals surface area contributed by atoms with Crippen LogP contribution in [0.1, 0.15) is 23.2 Å². The van der Waals surface area contributed by atoms with Crippen molar-refractivity contribution in [3.05, 3.63) is 35.9 Å². The van der Waals surface area contributed by atoms with E-state index in [1.165, 1.54) is 25.9 Å². The molecule has 1 aromatic rings. The number of hydrogen-bond acceptors (Lipinski definition) is 3. The van der Waals surface area contributed by atoms with Crippen molar-refractivity contribution >= 4 is 5.91 Å². The van der Waals surface area contributed by atoms with E-state index in [4.69, 9.17) is 0 Å². The van der Waals surface area contributed by atoms with Crippen LogP contribution < -0.4 is 0 Å². The third-order valence-electron chi connectivity index (χ3n) is 4.83. The molecule has 0 N–H and O–H groups in total. The van der Waals surface area contributed by atoms with Crippen LogP contribution in [0.5, 0.6) is 0 Å². The number of piperazine rings is 1. The van der Waals surface area contributed by atoms with E-state index >= 15 is 0 Å². The smallest absolute Gasteiger partial charge is 0.253 e. The Hall–Kier alpha value is -1.39. The number of benzene rings is 1. The van der Waals surface area contributed by atoms with E-state index in [1.807, 2.05) is 35.2 Å².